The van der Waals surface area contributed by atoms with Gasteiger partial charge in [-0.2, -0.15) is 0 Å². The first kappa shape index (κ1) is 12.2. The zero-order chi connectivity index (χ0) is 12.9. The van der Waals surface area contributed by atoms with Gasteiger partial charge < -0.3 is 5.32 Å². The van der Waals surface area contributed by atoms with Crippen LogP contribution in [-0.2, 0) is 11.3 Å². The van der Waals surface area contributed by atoms with Crippen molar-refractivity contribution in [2.75, 3.05) is 0 Å². The molecule has 3 rings (SSSR count). The fraction of sp³-hybridized carbons (Fsp3) is 0.500. The first-order chi connectivity index (χ1) is 8.50. The summed E-state index contributed by atoms with van der Waals surface area (Å²) in [5.41, 5.74) is 0.306. The summed E-state index contributed by atoms with van der Waals surface area (Å²) >= 11 is 4.94. The predicted molar refractivity (Wildman–Crippen MR) is 72.2 cm³/mol. The van der Waals surface area contributed by atoms with Gasteiger partial charge in [0.1, 0.15) is 5.54 Å². The molecule has 2 fully saturated rings. The summed E-state index contributed by atoms with van der Waals surface area (Å²) in [5.74, 6) is 0.227. The zero-order valence-electron chi connectivity index (χ0n) is 9.90. The second-order valence-corrected chi connectivity index (χ2v) is 7.35. The number of halogens is 1. The van der Waals surface area contributed by atoms with Crippen molar-refractivity contribution in [3.05, 3.63) is 20.8 Å². The van der Waals surface area contributed by atoms with Gasteiger partial charge in [0.15, 0.2) is 0 Å². The Hall–Kier alpha value is -0.880. The third-order valence-corrected chi connectivity index (χ3v) is 5.21. The van der Waals surface area contributed by atoms with Gasteiger partial charge in [0.05, 0.1) is 10.3 Å². The van der Waals surface area contributed by atoms with E-state index in [0.29, 0.717) is 12.5 Å². The Morgan fingerprint density at radius 3 is 2.83 bits per heavy atom. The lowest BCUT2D eigenvalue weighted by molar-refractivity contribution is -0.131. The molecule has 3 amide bonds. The highest BCUT2D eigenvalue weighted by Crippen LogP contribution is 2.42. The minimum absolute atomic E-state index is 0.0858. The summed E-state index contributed by atoms with van der Waals surface area (Å²) in [6.07, 6.45) is 2.06. The number of thiophene rings is 1. The zero-order valence-corrected chi connectivity index (χ0v) is 12.3. The van der Waals surface area contributed by atoms with Gasteiger partial charge in [0, 0.05) is 0 Å². The molecule has 1 atom stereocenters. The molecule has 1 aromatic heterocycles. The Bertz CT molecular complexity index is 526. The summed E-state index contributed by atoms with van der Waals surface area (Å²) in [6.45, 7) is 2.20. The number of carbonyl (C=O) groups is 2. The summed E-state index contributed by atoms with van der Waals surface area (Å²) in [4.78, 5) is 25.6. The molecule has 0 aromatic carbocycles. The van der Waals surface area contributed by atoms with Crippen LogP contribution in [0.2, 0.25) is 0 Å². The van der Waals surface area contributed by atoms with E-state index >= 15 is 0 Å². The molecule has 2 aliphatic rings. The maximum atomic E-state index is 12.4. The van der Waals surface area contributed by atoms with Crippen molar-refractivity contribution in [3.8, 4) is 0 Å². The Morgan fingerprint density at radius 2 is 2.28 bits per heavy atom. The highest BCUT2D eigenvalue weighted by Gasteiger charge is 2.55. The number of rotatable bonds is 3. The van der Waals surface area contributed by atoms with Crippen LogP contribution in [0, 0.1) is 5.92 Å². The van der Waals surface area contributed by atoms with E-state index in [1.165, 1.54) is 4.90 Å². The third kappa shape index (κ3) is 1.87. The molecule has 6 heteroatoms. The van der Waals surface area contributed by atoms with Crippen molar-refractivity contribution >= 4 is 39.2 Å². The smallest absolute Gasteiger partial charge is 0.323 e. The molecule has 0 radical (unpaired) electrons. The second kappa shape index (κ2) is 4.06. The number of hydrogen-bond donors (Lipinski definition) is 1. The molecule has 1 saturated carbocycles. The van der Waals surface area contributed by atoms with E-state index in [1.807, 2.05) is 18.4 Å². The molecule has 2 heterocycles. The summed E-state index contributed by atoms with van der Waals surface area (Å²) in [7, 11) is 0. The summed E-state index contributed by atoms with van der Waals surface area (Å²) in [6, 6.07) is 1.68. The predicted octanol–water partition coefficient (Wildman–Crippen LogP) is 2.73. The highest BCUT2D eigenvalue weighted by molar-refractivity contribution is 9.11. The van der Waals surface area contributed by atoms with Gasteiger partial charge in [-0.25, -0.2) is 4.79 Å². The number of imide groups is 1. The minimum Gasteiger partial charge on any atom is -0.323 e. The molecular formula is C12H13BrN2O2S. The van der Waals surface area contributed by atoms with E-state index < -0.39 is 5.54 Å². The molecule has 0 bridgehead atoms. The molecule has 1 aliphatic heterocycles. The van der Waals surface area contributed by atoms with Gasteiger partial charge in [-0.3, -0.25) is 9.69 Å². The monoisotopic (exact) mass is 328 g/mol. The van der Waals surface area contributed by atoms with Crippen LogP contribution in [0.15, 0.2) is 15.2 Å². The molecule has 18 heavy (non-hydrogen) atoms. The van der Waals surface area contributed by atoms with Crippen molar-refractivity contribution < 1.29 is 9.59 Å². The summed E-state index contributed by atoms with van der Waals surface area (Å²) in [5, 5.41) is 4.80. The van der Waals surface area contributed by atoms with Gasteiger partial charge in [-0.05, 0) is 58.6 Å². The topological polar surface area (TPSA) is 49.4 Å². The Labute approximate surface area is 117 Å². The van der Waals surface area contributed by atoms with Crippen molar-refractivity contribution in [1.29, 1.82) is 0 Å². The van der Waals surface area contributed by atoms with Gasteiger partial charge >= 0.3 is 6.03 Å². The number of hydrogen-bond acceptors (Lipinski definition) is 3. The number of nitrogens with zero attached hydrogens (tertiary/aromatic N) is 1. The second-order valence-electron chi connectivity index (χ2n) is 5.06. The quantitative estimate of drug-likeness (QED) is 0.867. The first-order valence-electron chi connectivity index (χ1n) is 5.88. The Morgan fingerprint density at radius 1 is 1.56 bits per heavy atom. The minimum atomic E-state index is -0.676. The normalized spacial score (nSPS) is 27.8. The van der Waals surface area contributed by atoms with Crippen molar-refractivity contribution in [2.45, 2.75) is 31.8 Å². The fourth-order valence-electron chi connectivity index (χ4n) is 2.41. The van der Waals surface area contributed by atoms with Crippen molar-refractivity contribution in [2.24, 2.45) is 5.92 Å². The molecule has 1 aromatic rings. The SMILES string of the molecule is CC1(C2CC2)NC(=O)N(Cc2csc(Br)c2)C1=O. The van der Waals surface area contributed by atoms with E-state index in [2.05, 4.69) is 21.2 Å². The van der Waals surface area contributed by atoms with Gasteiger partial charge in [0.25, 0.3) is 5.91 Å². The van der Waals surface area contributed by atoms with E-state index in [4.69, 9.17) is 0 Å². The lowest BCUT2D eigenvalue weighted by Gasteiger charge is -2.20. The third-order valence-electron chi connectivity index (χ3n) is 3.66. The van der Waals surface area contributed by atoms with Crippen LogP contribution < -0.4 is 5.32 Å². The van der Waals surface area contributed by atoms with E-state index in [9.17, 15) is 9.59 Å². The molecule has 4 nitrogen and oxygen atoms in total. The lowest BCUT2D eigenvalue weighted by atomic mass is 9.96. The standard InChI is InChI=1S/C12H13BrN2O2S/c1-12(8-2-3-8)10(16)15(11(17)14-12)5-7-4-9(13)18-6-7/h4,6,8H,2-3,5H2,1H3,(H,14,17). The molecular weight excluding hydrogens is 316 g/mol. The van der Waals surface area contributed by atoms with Gasteiger partial charge in [-0.15, -0.1) is 11.3 Å². The summed E-state index contributed by atoms with van der Waals surface area (Å²) < 4.78 is 1.01. The van der Waals surface area contributed by atoms with Crippen LogP contribution in [0.5, 0.6) is 0 Å². The first-order valence-corrected chi connectivity index (χ1v) is 7.55. The largest absolute Gasteiger partial charge is 0.325 e. The van der Waals surface area contributed by atoms with E-state index in [0.717, 1.165) is 22.2 Å². The number of nitrogens with one attached hydrogen (secondary N) is 1. The lowest BCUT2D eigenvalue weighted by Crippen LogP contribution is -2.46. The van der Waals surface area contributed by atoms with Crippen LogP contribution in [-0.4, -0.2) is 22.4 Å². The van der Waals surface area contributed by atoms with Crippen LogP contribution in [0.3, 0.4) is 0 Å². The maximum Gasteiger partial charge on any atom is 0.325 e. The maximum absolute atomic E-state index is 12.4. The molecule has 0 spiro atoms. The molecule has 1 saturated heterocycles. The van der Waals surface area contributed by atoms with Gasteiger partial charge in [-0.1, -0.05) is 0 Å². The Kier molecular flexibility index (Phi) is 2.75. The van der Waals surface area contributed by atoms with Crippen molar-refractivity contribution in [1.82, 2.24) is 10.2 Å². The van der Waals surface area contributed by atoms with Gasteiger partial charge in [0.2, 0.25) is 0 Å². The average molecular weight is 329 g/mol. The highest BCUT2D eigenvalue weighted by atomic mass is 79.9. The Balaban J connectivity index is 1.80. The van der Waals surface area contributed by atoms with Crippen LogP contribution in [0.4, 0.5) is 4.79 Å². The van der Waals surface area contributed by atoms with Crippen LogP contribution >= 0.6 is 27.3 Å². The molecule has 1 N–H and O–H groups in total. The van der Waals surface area contributed by atoms with Crippen LogP contribution in [0.1, 0.15) is 25.3 Å². The van der Waals surface area contributed by atoms with Crippen molar-refractivity contribution in [3.63, 3.8) is 0 Å². The molecule has 96 valence electrons. The van der Waals surface area contributed by atoms with E-state index in [-0.39, 0.29) is 11.9 Å². The average Bonchev–Trinajstić information content (AvgIpc) is 3.06. The number of amides is 3. The molecule has 1 unspecified atom stereocenters. The number of urea groups is 1. The molecule has 1 aliphatic carbocycles. The van der Waals surface area contributed by atoms with Crippen LogP contribution in [0.25, 0.3) is 0 Å². The fourth-order valence-corrected chi connectivity index (χ4v) is 3.61. The van der Waals surface area contributed by atoms with E-state index in [1.54, 1.807) is 11.3 Å². The number of carbonyl (C=O) groups excluding carboxylic acids is 2.